The first-order chi connectivity index (χ1) is 8.15. The van der Waals surface area contributed by atoms with E-state index in [0.717, 1.165) is 11.8 Å². The van der Waals surface area contributed by atoms with Crippen LogP contribution < -0.4 is 5.32 Å². The van der Waals surface area contributed by atoms with Crippen LogP contribution in [0.1, 0.15) is 24.0 Å². The Kier molecular flexibility index (Phi) is 2.78. The zero-order valence-corrected chi connectivity index (χ0v) is 11.9. The molecule has 2 heteroatoms. The molecular weight excluding hydrogens is 274 g/mol. The highest BCUT2D eigenvalue weighted by Crippen LogP contribution is 2.45. The van der Waals surface area contributed by atoms with Gasteiger partial charge in [-0.15, -0.1) is 0 Å². The molecule has 0 spiro atoms. The summed E-state index contributed by atoms with van der Waals surface area (Å²) in [6, 6.07) is 5.07. The summed E-state index contributed by atoms with van der Waals surface area (Å²) >= 11 is 3.67. The molecule has 0 heterocycles. The lowest BCUT2D eigenvalue weighted by Gasteiger charge is -2.41. The van der Waals surface area contributed by atoms with Gasteiger partial charge in [0.2, 0.25) is 0 Å². The number of hydrogen-bond acceptors (Lipinski definition) is 1. The van der Waals surface area contributed by atoms with Crippen molar-refractivity contribution < 1.29 is 0 Å². The van der Waals surface area contributed by atoms with Gasteiger partial charge < -0.3 is 5.32 Å². The molecule has 1 aromatic rings. The summed E-state index contributed by atoms with van der Waals surface area (Å²) in [5, 5.41) is 3.72. The number of aryl methyl sites for hydroxylation is 2. The molecule has 2 aliphatic carbocycles. The number of hydrogen-bond donors (Lipinski definition) is 1. The lowest BCUT2D eigenvalue weighted by molar-refractivity contribution is 0.218. The predicted octanol–water partition coefficient (Wildman–Crippen LogP) is 4.44. The van der Waals surface area contributed by atoms with E-state index in [1.165, 1.54) is 34.1 Å². The Morgan fingerprint density at radius 2 is 2.12 bits per heavy atom. The topological polar surface area (TPSA) is 12.0 Å². The first kappa shape index (κ1) is 11.3. The van der Waals surface area contributed by atoms with Gasteiger partial charge in [0.15, 0.2) is 0 Å². The van der Waals surface area contributed by atoms with Gasteiger partial charge in [0, 0.05) is 16.4 Å². The van der Waals surface area contributed by atoms with Crippen molar-refractivity contribution in [3.8, 4) is 0 Å². The monoisotopic (exact) mass is 291 g/mol. The van der Waals surface area contributed by atoms with Crippen LogP contribution in [0.25, 0.3) is 0 Å². The van der Waals surface area contributed by atoms with Gasteiger partial charge in [-0.05, 0) is 65.7 Å². The number of rotatable bonds is 2. The summed E-state index contributed by atoms with van der Waals surface area (Å²) in [4.78, 5) is 0. The van der Waals surface area contributed by atoms with Gasteiger partial charge in [0.25, 0.3) is 0 Å². The molecule has 0 amide bonds. The van der Waals surface area contributed by atoms with E-state index in [1.54, 1.807) is 0 Å². The smallest absolute Gasteiger partial charge is 0.0516 e. The van der Waals surface area contributed by atoms with Crippen LogP contribution in [-0.4, -0.2) is 6.04 Å². The Balaban J connectivity index is 1.79. The zero-order valence-electron chi connectivity index (χ0n) is 10.3. The van der Waals surface area contributed by atoms with Crippen LogP contribution in [0.2, 0.25) is 0 Å². The molecule has 1 nitrogen and oxygen atoms in total. The van der Waals surface area contributed by atoms with Crippen LogP contribution in [0, 0.1) is 25.7 Å². The lowest BCUT2D eigenvalue weighted by Crippen LogP contribution is -2.43. The van der Waals surface area contributed by atoms with E-state index in [-0.39, 0.29) is 0 Å². The van der Waals surface area contributed by atoms with Crippen LogP contribution in [-0.2, 0) is 0 Å². The molecule has 0 bridgehead atoms. The average Bonchev–Trinajstić information content (AvgIpc) is 2.58. The quantitative estimate of drug-likeness (QED) is 0.794. The second kappa shape index (κ2) is 4.16. The second-order valence-corrected chi connectivity index (χ2v) is 6.28. The summed E-state index contributed by atoms with van der Waals surface area (Å²) in [6.07, 6.45) is 7.34. The number of fused-ring (bicyclic) bond motifs is 1. The van der Waals surface area contributed by atoms with Crippen molar-refractivity contribution in [2.45, 2.75) is 32.7 Å². The second-order valence-electron chi connectivity index (χ2n) is 5.43. The molecule has 0 aliphatic heterocycles. The maximum atomic E-state index is 3.72. The van der Waals surface area contributed by atoms with Gasteiger partial charge in [-0.1, -0.05) is 18.2 Å². The maximum absolute atomic E-state index is 3.72. The minimum Gasteiger partial charge on any atom is -0.381 e. The van der Waals surface area contributed by atoms with Gasteiger partial charge in [-0.2, -0.15) is 0 Å². The third kappa shape index (κ3) is 1.93. The van der Waals surface area contributed by atoms with Crippen molar-refractivity contribution in [3.63, 3.8) is 0 Å². The fourth-order valence-corrected chi connectivity index (χ4v) is 3.96. The third-order valence-electron chi connectivity index (χ3n) is 4.12. The molecule has 3 rings (SSSR count). The molecule has 1 N–H and O–H groups in total. The Morgan fingerprint density at radius 3 is 2.82 bits per heavy atom. The van der Waals surface area contributed by atoms with Crippen molar-refractivity contribution in [2.75, 3.05) is 5.32 Å². The fraction of sp³-hybridized carbons (Fsp3) is 0.467. The molecule has 1 saturated carbocycles. The average molecular weight is 292 g/mol. The highest BCUT2D eigenvalue weighted by atomic mass is 79.9. The molecule has 0 saturated heterocycles. The van der Waals surface area contributed by atoms with E-state index in [4.69, 9.17) is 0 Å². The number of anilines is 1. The highest BCUT2D eigenvalue weighted by Gasteiger charge is 2.41. The largest absolute Gasteiger partial charge is 0.381 e. The van der Waals surface area contributed by atoms with Crippen LogP contribution in [0.5, 0.6) is 0 Å². The van der Waals surface area contributed by atoms with Crippen molar-refractivity contribution in [1.29, 1.82) is 0 Å². The van der Waals surface area contributed by atoms with E-state index in [1.807, 2.05) is 0 Å². The first-order valence-corrected chi connectivity index (χ1v) is 7.14. The van der Waals surface area contributed by atoms with Gasteiger partial charge in [-0.3, -0.25) is 0 Å². The summed E-state index contributed by atoms with van der Waals surface area (Å²) in [7, 11) is 0. The van der Waals surface area contributed by atoms with Crippen molar-refractivity contribution in [1.82, 2.24) is 0 Å². The van der Waals surface area contributed by atoms with E-state index in [0.29, 0.717) is 6.04 Å². The number of allylic oxidation sites excluding steroid dienone is 1. The van der Waals surface area contributed by atoms with Crippen LogP contribution in [0.3, 0.4) is 0 Å². The molecule has 3 unspecified atom stereocenters. The highest BCUT2D eigenvalue weighted by molar-refractivity contribution is 9.10. The van der Waals surface area contributed by atoms with Crippen LogP contribution >= 0.6 is 15.9 Å². The summed E-state index contributed by atoms with van der Waals surface area (Å²) in [6.45, 7) is 4.32. The summed E-state index contributed by atoms with van der Waals surface area (Å²) in [5.74, 6) is 1.68. The SMILES string of the molecule is Cc1cc(C)c(NC2CC3CC=CC32)c(Br)c1. The van der Waals surface area contributed by atoms with Crippen LogP contribution in [0.4, 0.5) is 5.69 Å². The Labute approximate surface area is 111 Å². The van der Waals surface area contributed by atoms with Crippen molar-refractivity contribution in [3.05, 3.63) is 39.9 Å². The Morgan fingerprint density at radius 1 is 1.29 bits per heavy atom. The number of benzene rings is 1. The van der Waals surface area contributed by atoms with Crippen molar-refractivity contribution in [2.24, 2.45) is 11.8 Å². The molecule has 0 radical (unpaired) electrons. The zero-order chi connectivity index (χ0) is 12.0. The van der Waals surface area contributed by atoms with Gasteiger partial charge in [0.05, 0.1) is 5.69 Å². The molecule has 0 aromatic heterocycles. The summed E-state index contributed by atoms with van der Waals surface area (Å²) in [5.41, 5.74) is 3.92. The Bertz CT molecular complexity index is 455. The lowest BCUT2D eigenvalue weighted by atomic mass is 9.71. The third-order valence-corrected chi connectivity index (χ3v) is 4.75. The predicted molar refractivity (Wildman–Crippen MR) is 76.4 cm³/mol. The maximum Gasteiger partial charge on any atom is 0.0516 e. The first-order valence-electron chi connectivity index (χ1n) is 6.35. The fourth-order valence-electron chi connectivity index (χ4n) is 3.17. The van der Waals surface area contributed by atoms with E-state index in [9.17, 15) is 0 Å². The van der Waals surface area contributed by atoms with E-state index < -0.39 is 0 Å². The molecule has 1 aromatic carbocycles. The minimum atomic E-state index is 0.636. The molecule has 1 fully saturated rings. The van der Waals surface area contributed by atoms with Gasteiger partial charge in [-0.25, -0.2) is 0 Å². The summed E-state index contributed by atoms with van der Waals surface area (Å²) < 4.78 is 1.19. The number of nitrogens with one attached hydrogen (secondary N) is 1. The normalized spacial score (nSPS) is 29.9. The minimum absolute atomic E-state index is 0.636. The van der Waals surface area contributed by atoms with Crippen molar-refractivity contribution >= 4 is 21.6 Å². The number of halogens is 1. The molecule has 2 aliphatic rings. The molecule has 3 atom stereocenters. The van der Waals surface area contributed by atoms with Gasteiger partial charge in [0.1, 0.15) is 0 Å². The van der Waals surface area contributed by atoms with E-state index >= 15 is 0 Å². The Hall–Kier alpha value is -0.760. The molecule has 90 valence electrons. The van der Waals surface area contributed by atoms with Gasteiger partial charge >= 0.3 is 0 Å². The van der Waals surface area contributed by atoms with Crippen LogP contribution in [0.15, 0.2) is 28.8 Å². The molecule has 17 heavy (non-hydrogen) atoms. The van der Waals surface area contributed by atoms with E-state index in [2.05, 4.69) is 59.4 Å². The standard InChI is InChI=1S/C15H18BrN/c1-9-6-10(2)15(13(16)7-9)17-14-8-11-4-3-5-12(11)14/h3,5-7,11-12,14,17H,4,8H2,1-2H3. The molecular formula is C15H18BrN.